The molecule has 100 valence electrons. The van der Waals surface area contributed by atoms with Gasteiger partial charge >= 0.3 is 6.08 Å². The van der Waals surface area contributed by atoms with Crippen LogP contribution in [-0.2, 0) is 0 Å². The lowest BCUT2D eigenvalue weighted by Crippen LogP contribution is -2.28. The van der Waals surface area contributed by atoms with E-state index in [1.54, 1.807) is 6.92 Å². The molecule has 0 N–H and O–H groups in total. The molecule has 2 rings (SSSR count). The van der Waals surface area contributed by atoms with Crippen molar-refractivity contribution < 1.29 is 18.3 Å². The smallest absolute Gasteiger partial charge is 0.394 e. The Hall–Kier alpha value is -2.44. The first kappa shape index (κ1) is 13.0. The monoisotopic (exact) mass is 265 g/mol. The second-order valence-electron chi connectivity index (χ2n) is 3.60. The number of hydrogen-bond donors (Lipinski definition) is 0. The Morgan fingerprint density at radius 3 is 3.05 bits per heavy atom. The van der Waals surface area contributed by atoms with E-state index in [9.17, 15) is 9.18 Å². The van der Waals surface area contributed by atoms with E-state index in [2.05, 4.69) is 9.97 Å². The van der Waals surface area contributed by atoms with E-state index >= 15 is 0 Å². The highest BCUT2D eigenvalue weighted by Gasteiger charge is 2.21. The third-order valence-corrected chi connectivity index (χ3v) is 2.33. The summed E-state index contributed by atoms with van der Waals surface area (Å²) in [6.07, 6.45) is 2.56. The molecule has 0 aromatic carbocycles. The summed E-state index contributed by atoms with van der Waals surface area (Å²) in [4.78, 5) is 20.8. The van der Waals surface area contributed by atoms with Crippen LogP contribution in [0.1, 0.15) is 17.4 Å². The summed E-state index contributed by atoms with van der Waals surface area (Å²) in [7, 11) is 1.41. The van der Waals surface area contributed by atoms with Crippen LogP contribution in [0.3, 0.4) is 0 Å². The number of hydrogen-bond acceptors (Lipinski definition) is 5. The van der Waals surface area contributed by atoms with Crippen molar-refractivity contribution in [1.82, 2.24) is 9.97 Å². The van der Waals surface area contributed by atoms with E-state index in [4.69, 9.17) is 9.15 Å². The van der Waals surface area contributed by atoms with Gasteiger partial charge in [0, 0.05) is 13.2 Å². The number of anilines is 1. The van der Waals surface area contributed by atoms with Gasteiger partial charge in [-0.3, -0.25) is 9.69 Å². The van der Waals surface area contributed by atoms with Crippen molar-refractivity contribution in [2.45, 2.75) is 6.92 Å². The summed E-state index contributed by atoms with van der Waals surface area (Å²) in [5, 5.41) is 0. The number of ether oxygens (including phenoxy) is 1. The maximum atomic E-state index is 13.5. The molecule has 0 saturated heterocycles. The zero-order valence-electron chi connectivity index (χ0n) is 10.5. The average Bonchev–Trinajstić information content (AvgIpc) is 2.87. The Morgan fingerprint density at radius 1 is 1.58 bits per heavy atom. The predicted octanol–water partition coefficient (Wildman–Crippen LogP) is 1.88. The molecule has 0 saturated carbocycles. The van der Waals surface area contributed by atoms with Gasteiger partial charge in [0.2, 0.25) is 0 Å². The average molecular weight is 265 g/mol. The molecule has 0 aliphatic carbocycles. The Balaban J connectivity index is 2.21. The zero-order valence-corrected chi connectivity index (χ0v) is 10.5. The molecule has 6 nitrogen and oxygen atoms in total. The number of pyridine rings is 1. The number of rotatable bonds is 4. The van der Waals surface area contributed by atoms with Crippen LogP contribution < -0.4 is 9.64 Å². The summed E-state index contributed by atoms with van der Waals surface area (Å²) >= 11 is 0. The second-order valence-corrected chi connectivity index (χ2v) is 3.60. The van der Waals surface area contributed by atoms with E-state index in [1.807, 2.05) is 0 Å². The Labute approximate surface area is 108 Å². The summed E-state index contributed by atoms with van der Waals surface area (Å²) < 4.78 is 23.5. The van der Waals surface area contributed by atoms with Crippen molar-refractivity contribution in [2.24, 2.45) is 0 Å². The third kappa shape index (κ3) is 2.70. The number of amides is 1. The minimum absolute atomic E-state index is 0.000688. The minimum atomic E-state index is -0.591. The lowest BCUT2D eigenvalue weighted by atomic mass is 10.3. The van der Waals surface area contributed by atoms with Crippen molar-refractivity contribution in [1.29, 1.82) is 0 Å². The van der Waals surface area contributed by atoms with Gasteiger partial charge in [-0.25, -0.2) is 9.37 Å². The maximum Gasteiger partial charge on any atom is 0.394 e. The van der Waals surface area contributed by atoms with Gasteiger partial charge in [-0.05, 0) is 19.1 Å². The molecule has 0 aliphatic heterocycles. The summed E-state index contributed by atoms with van der Waals surface area (Å²) in [5.74, 6) is -1.20. The van der Waals surface area contributed by atoms with Gasteiger partial charge in [-0.15, -0.1) is 0 Å². The van der Waals surface area contributed by atoms with Crippen LogP contribution >= 0.6 is 0 Å². The summed E-state index contributed by atoms with van der Waals surface area (Å²) in [6.45, 7) is 2.14. The van der Waals surface area contributed by atoms with E-state index in [-0.39, 0.29) is 17.6 Å². The van der Waals surface area contributed by atoms with Gasteiger partial charge in [0.25, 0.3) is 5.91 Å². The second kappa shape index (κ2) is 5.47. The first-order valence-corrected chi connectivity index (χ1v) is 5.60. The molecule has 19 heavy (non-hydrogen) atoms. The summed E-state index contributed by atoms with van der Waals surface area (Å²) in [5.41, 5.74) is 0.0241. The molecular weight excluding hydrogens is 253 g/mol. The number of aromatic nitrogens is 2. The van der Waals surface area contributed by atoms with Gasteiger partial charge in [-0.2, -0.15) is 4.98 Å². The van der Waals surface area contributed by atoms with Gasteiger partial charge < -0.3 is 9.15 Å². The molecule has 0 atom stereocenters. The van der Waals surface area contributed by atoms with Crippen LogP contribution in [0.25, 0.3) is 0 Å². The quantitative estimate of drug-likeness (QED) is 0.844. The highest BCUT2D eigenvalue weighted by atomic mass is 19.1. The van der Waals surface area contributed by atoms with Crippen molar-refractivity contribution >= 4 is 11.7 Å². The van der Waals surface area contributed by atoms with Crippen LogP contribution in [0.2, 0.25) is 0 Å². The Kier molecular flexibility index (Phi) is 3.74. The highest BCUT2D eigenvalue weighted by Crippen LogP contribution is 2.17. The molecular formula is C12H12FN3O3. The van der Waals surface area contributed by atoms with E-state index < -0.39 is 11.7 Å². The SMILES string of the molecule is CCOc1nc(C(=O)N(C)c2ncccc2F)co1. The van der Waals surface area contributed by atoms with Gasteiger partial charge in [0.1, 0.15) is 6.26 Å². The van der Waals surface area contributed by atoms with Gasteiger partial charge in [0.05, 0.1) is 6.61 Å². The number of halogens is 1. The highest BCUT2D eigenvalue weighted by molar-refractivity contribution is 6.03. The lowest BCUT2D eigenvalue weighted by Gasteiger charge is -2.14. The van der Waals surface area contributed by atoms with Crippen molar-refractivity contribution in [3.05, 3.63) is 36.1 Å². The van der Waals surface area contributed by atoms with Crippen molar-refractivity contribution in [3.63, 3.8) is 0 Å². The van der Waals surface area contributed by atoms with Crippen LogP contribution in [0.15, 0.2) is 29.0 Å². The Bertz CT molecular complexity index is 585. The molecule has 2 heterocycles. The Morgan fingerprint density at radius 2 is 2.37 bits per heavy atom. The van der Waals surface area contributed by atoms with Crippen LogP contribution in [0, 0.1) is 5.82 Å². The van der Waals surface area contributed by atoms with Gasteiger partial charge in [-0.1, -0.05) is 0 Å². The normalized spacial score (nSPS) is 10.3. The molecule has 0 radical (unpaired) electrons. The third-order valence-electron chi connectivity index (χ3n) is 2.33. The molecule has 0 aliphatic rings. The first-order chi connectivity index (χ1) is 9.13. The predicted molar refractivity (Wildman–Crippen MR) is 64.6 cm³/mol. The fraction of sp³-hybridized carbons (Fsp3) is 0.250. The molecule has 0 spiro atoms. The van der Waals surface area contributed by atoms with E-state index in [0.717, 1.165) is 11.2 Å². The fourth-order valence-electron chi connectivity index (χ4n) is 1.44. The summed E-state index contributed by atoms with van der Waals surface area (Å²) in [6, 6.07) is 2.67. The van der Waals surface area contributed by atoms with Crippen LogP contribution in [0.4, 0.5) is 10.2 Å². The molecule has 0 unspecified atom stereocenters. The fourth-order valence-corrected chi connectivity index (χ4v) is 1.44. The topological polar surface area (TPSA) is 68.5 Å². The lowest BCUT2D eigenvalue weighted by molar-refractivity contribution is 0.0986. The molecule has 1 amide bonds. The molecule has 7 heteroatoms. The number of carbonyl (C=O) groups excluding carboxylic acids is 1. The standard InChI is InChI=1S/C12H12FN3O3/c1-3-18-12-15-9(7-19-12)11(17)16(2)10-8(13)5-4-6-14-10/h4-7H,3H2,1-2H3. The minimum Gasteiger partial charge on any atom is -0.450 e. The number of nitrogens with zero attached hydrogens (tertiary/aromatic N) is 3. The zero-order chi connectivity index (χ0) is 13.8. The van der Waals surface area contributed by atoms with Crippen LogP contribution in [0.5, 0.6) is 6.08 Å². The first-order valence-electron chi connectivity index (χ1n) is 5.60. The number of oxazole rings is 1. The van der Waals surface area contributed by atoms with Crippen molar-refractivity contribution in [2.75, 3.05) is 18.6 Å². The molecule has 2 aromatic rings. The van der Waals surface area contributed by atoms with E-state index in [1.165, 1.54) is 25.4 Å². The van der Waals surface area contributed by atoms with Gasteiger partial charge in [0.15, 0.2) is 17.3 Å². The van der Waals surface area contributed by atoms with E-state index in [0.29, 0.717) is 6.61 Å². The molecule has 0 bridgehead atoms. The number of carbonyl (C=O) groups is 1. The maximum absolute atomic E-state index is 13.5. The van der Waals surface area contributed by atoms with Crippen LogP contribution in [-0.4, -0.2) is 29.5 Å². The largest absolute Gasteiger partial charge is 0.450 e. The molecule has 2 aromatic heterocycles. The molecule has 0 fully saturated rings. The van der Waals surface area contributed by atoms with Crippen molar-refractivity contribution in [3.8, 4) is 6.08 Å².